The molecule has 0 aliphatic heterocycles. The molecule has 0 saturated heterocycles. The van der Waals surface area contributed by atoms with E-state index in [1.807, 2.05) is 31.2 Å². The maximum atomic E-state index is 12.6. The van der Waals surface area contributed by atoms with E-state index in [0.717, 1.165) is 16.5 Å². The summed E-state index contributed by atoms with van der Waals surface area (Å²) in [6.07, 6.45) is 0. The predicted octanol–water partition coefficient (Wildman–Crippen LogP) is 4.41. The molecule has 136 valence electrons. The lowest BCUT2D eigenvalue weighted by Gasteiger charge is -2.09. The highest BCUT2D eigenvalue weighted by molar-refractivity contribution is 8.00. The van der Waals surface area contributed by atoms with Crippen LogP contribution in [0.1, 0.15) is 21.5 Å². The first-order chi connectivity index (χ1) is 13.0. The minimum atomic E-state index is -0.0732. The Balaban J connectivity index is 1.83. The Kier molecular flexibility index (Phi) is 5.63. The Hall–Kier alpha value is -3.04. The zero-order valence-corrected chi connectivity index (χ0v) is 16.1. The average Bonchev–Trinajstić information content (AvgIpc) is 2.70. The van der Waals surface area contributed by atoms with Crippen molar-refractivity contribution in [2.24, 2.45) is 0 Å². The number of nitrogens with zero attached hydrogens (tertiary/aromatic N) is 2. The van der Waals surface area contributed by atoms with Gasteiger partial charge in [-0.3, -0.25) is 4.79 Å². The van der Waals surface area contributed by atoms with E-state index in [1.54, 1.807) is 25.3 Å². The molecule has 0 radical (unpaired) electrons. The number of aromatic nitrogens is 1. The van der Waals surface area contributed by atoms with Crippen molar-refractivity contribution in [2.75, 3.05) is 20.0 Å². The highest BCUT2D eigenvalue weighted by Crippen LogP contribution is 2.29. The number of rotatable bonds is 6. The number of fused-ring (bicyclic) bond motifs is 1. The zero-order chi connectivity index (χ0) is 19.4. The Morgan fingerprint density at radius 2 is 1.89 bits per heavy atom. The van der Waals surface area contributed by atoms with Crippen molar-refractivity contribution >= 4 is 28.4 Å². The molecule has 3 rings (SSSR count). The fourth-order valence-corrected chi connectivity index (χ4v) is 3.53. The van der Waals surface area contributed by atoms with Gasteiger partial charge in [-0.25, -0.2) is 4.98 Å². The van der Waals surface area contributed by atoms with Crippen molar-refractivity contribution in [1.29, 1.82) is 5.26 Å². The second-order valence-electron chi connectivity index (χ2n) is 5.93. The number of Topliss-reactive ketones (excluding diaryl/α,β-unsaturated/α-hetero) is 1. The van der Waals surface area contributed by atoms with Gasteiger partial charge in [0.15, 0.2) is 17.3 Å². The maximum Gasteiger partial charge on any atom is 0.173 e. The highest BCUT2D eigenvalue weighted by atomic mass is 32.2. The molecule has 0 spiro atoms. The summed E-state index contributed by atoms with van der Waals surface area (Å²) in [4.78, 5) is 17.2. The van der Waals surface area contributed by atoms with Gasteiger partial charge in [0.2, 0.25) is 0 Å². The number of thioether (sulfide) groups is 1. The van der Waals surface area contributed by atoms with E-state index in [1.165, 1.54) is 18.9 Å². The van der Waals surface area contributed by atoms with E-state index in [2.05, 4.69) is 11.1 Å². The molecule has 5 nitrogen and oxygen atoms in total. The molecule has 2 aromatic carbocycles. The summed E-state index contributed by atoms with van der Waals surface area (Å²) in [7, 11) is 3.08. The smallest absolute Gasteiger partial charge is 0.173 e. The average molecular weight is 378 g/mol. The normalized spacial score (nSPS) is 10.4. The van der Waals surface area contributed by atoms with Crippen LogP contribution in [-0.4, -0.2) is 30.7 Å². The Bertz CT molecular complexity index is 1060. The first kappa shape index (κ1) is 18.7. The molecule has 0 N–H and O–H groups in total. The number of carbonyl (C=O) groups is 1. The number of ketones is 1. The molecule has 27 heavy (non-hydrogen) atoms. The van der Waals surface area contributed by atoms with Gasteiger partial charge in [0.25, 0.3) is 0 Å². The minimum absolute atomic E-state index is 0.0732. The SMILES string of the molecule is COc1ccc(C(=O)CSc2nc3cc(C)ccc3cc2C#N)cc1OC. The van der Waals surface area contributed by atoms with Gasteiger partial charge in [-0.2, -0.15) is 5.26 Å². The number of benzene rings is 2. The number of aryl methyl sites for hydroxylation is 1. The molecule has 0 atom stereocenters. The molecule has 1 aromatic heterocycles. The van der Waals surface area contributed by atoms with Crippen molar-refractivity contribution in [3.8, 4) is 17.6 Å². The molecule has 0 aliphatic rings. The van der Waals surface area contributed by atoms with Crippen molar-refractivity contribution in [3.05, 3.63) is 59.2 Å². The van der Waals surface area contributed by atoms with Gasteiger partial charge >= 0.3 is 0 Å². The molecular weight excluding hydrogens is 360 g/mol. The molecule has 6 heteroatoms. The summed E-state index contributed by atoms with van der Waals surface area (Å²) in [5.41, 5.74) is 2.90. The van der Waals surface area contributed by atoms with Crippen LogP contribution >= 0.6 is 11.8 Å². The van der Waals surface area contributed by atoms with Gasteiger partial charge in [0.1, 0.15) is 11.1 Å². The number of carbonyl (C=O) groups excluding carboxylic acids is 1. The predicted molar refractivity (Wildman–Crippen MR) is 106 cm³/mol. The molecule has 0 saturated carbocycles. The van der Waals surface area contributed by atoms with Crippen LogP contribution in [0.2, 0.25) is 0 Å². The van der Waals surface area contributed by atoms with Gasteiger partial charge in [0.05, 0.1) is 31.1 Å². The lowest BCUT2D eigenvalue weighted by molar-refractivity contribution is 0.102. The largest absolute Gasteiger partial charge is 0.493 e. The minimum Gasteiger partial charge on any atom is -0.493 e. The first-order valence-corrected chi connectivity index (χ1v) is 9.24. The van der Waals surface area contributed by atoms with Crippen LogP contribution in [0.3, 0.4) is 0 Å². The summed E-state index contributed by atoms with van der Waals surface area (Å²) in [5, 5.41) is 10.9. The van der Waals surface area contributed by atoms with Crippen LogP contribution in [0.4, 0.5) is 0 Å². The third-order valence-corrected chi connectivity index (χ3v) is 5.10. The molecular formula is C21H18N2O3S. The molecule has 0 aliphatic carbocycles. The first-order valence-electron chi connectivity index (χ1n) is 8.25. The topological polar surface area (TPSA) is 72.2 Å². The molecule has 0 unspecified atom stereocenters. The van der Waals surface area contributed by atoms with E-state index in [-0.39, 0.29) is 11.5 Å². The van der Waals surface area contributed by atoms with Gasteiger partial charge in [0, 0.05) is 10.9 Å². The summed E-state index contributed by atoms with van der Waals surface area (Å²) >= 11 is 1.26. The Labute approximate surface area is 161 Å². The maximum absolute atomic E-state index is 12.6. The molecule has 0 amide bonds. The number of pyridine rings is 1. The molecule has 0 fully saturated rings. The summed E-state index contributed by atoms with van der Waals surface area (Å²) in [5.74, 6) is 1.18. The monoisotopic (exact) mass is 378 g/mol. The van der Waals surface area contributed by atoms with Crippen molar-refractivity contribution in [2.45, 2.75) is 11.9 Å². The van der Waals surface area contributed by atoms with Crippen LogP contribution in [0.5, 0.6) is 11.5 Å². The number of nitriles is 1. The van der Waals surface area contributed by atoms with Crippen LogP contribution in [0.25, 0.3) is 10.9 Å². The van der Waals surface area contributed by atoms with Crippen LogP contribution < -0.4 is 9.47 Å². The number of hydrogen-bond acceptors (Lipinski definition) is 6. The van der Waals surface area contributed by atoms with E-state index < -0.39 is 0 Å². The van der Waals surface area contributed by atoms with Crippen LogP contribution in [0.15, 0.2) is 47.5 Å². The Morgan fingerprint density at radius 1 is 1.11 bits per heavy atom. The summed E-state index contributed by atoms with van der Waals surface area (Å²) in [6, 6.07) is 14.9. The second kappa shape index (κ2) is 8.11. The van der Waals surface area contributed by atoms with E-state index in [4.69, 9.17) is 9.47 Å². The molecule has 3 aromatic rings. The summed E-state index contributed by atoms with van der Waals surface area (Å²) < 4.78 is 10.4. The summed E-state index contributed by atoms with van der Waals surface area (Å²) in [6.45, 7) is 1.99. The van der Waals surface area contributed by atoms with Gasteiger partial charge < -0.3 is 9.47 Å². The third-order valence-electron chi connectivity index (χ3n) is 4.10. The molecule has 0 bridgehead atoms. The van der Waals surface area contributed by atoms with E-state index in [9.17, 15) is 10.1 Å². The lowest BCUT2D eigenvalue weighted by atomic mass is 10.1. The van der Waals surface area contributed by atoms with E-state index in [0.29, 0.717) is 27.7 Å². The van der Waals surface area contributed by atoms with Gasteiger partial charge in [-0.05, 0) is 42.8 Å². The number of methoxy groups -OCH3 is 2. The highest BCUT2D eigenvalue weighted by Gasteiger charge is 2.14. The van der Waals surface area contributed by atoms with Crippen molar-refractivity contribution in [3.63, 3.8) is 0 Å². The van der Waals surface area contributed by atoms with Crippen LogP contribution in [-0.2, 0) is 0 Å². The van der Waals surface area contributed by atoms with Crippen molar-refractivity contribution < 1.29 is 14.3 Å². The quantitative estimate of drug-likeness (QED) is 0.467. The third kappa shape index (κ3) is 4.04. The van der Waals surface area contributed by atoms with Crippen LogP contribution in [0, 0.1) is 18.3 Å². The van der Waals surface area contributed by atoms with E-state index >= 15 is 0 Å². The molecule has 1 heterocycles. The number of hydrogen-bond donors (Lipinski definition) is 0. The standard InChI is InChI=1S/C21H18N2O3S/c1-13-4-5-14-9-16(11-22)21(23-17(14)8-13)27-12-18(24)15-6-7-19(25-2)20(10-15)26-3/h4-10H,12H2,1-3H3. The fourth-order valence-electron chi connectivity index (χ4n) is 2.68. The van der Waals surface area contributed by atoms with Gasteiger partial charge in [-0.15, -0.1) is 0 Å². The zero-order valence-electron chi connectivity index (χ0n) is 15.3. The fraction of sp³-hybridized carbons (Fsp3) is 0.190. The number of ether oxygens (including phenoxy) is 2. The van der Waals surface area contributed by atoms with Crippen molar-refractivity contribution in [1.82, 2.24) is 4.98 Å². The van der Waals surface area contributed by atoms with Gasteiger partial charge in [-0.1, -0.05) is 23.9 Å². The Morgan fingerprint density at radius 3 is 2.59 bits per heavy atom. The lowest BCUT2D eigenvalue weighted by Crippen LogP contribution is -2.04. The second-order valence-corrected chi connectivity index (χ2v) is 6.89.